The van der Waals surface area contributed by atoms with Crippen molar-refractivity contribution in [3.63, 3.8) is 0 Å². The van der Waals surface area contributed by atoms with Crippen molar-refractivity contribution in [1.82, 2.24) is 5.32 Å². The van der Waals surface area contributed by atoms with E-state index in [-0.39, 0.29) is 16.9 Å². The van der Waals surface area contributed by atoms with Gasteiger partial charge in [0.2, 0.25) is 5.91 Å². The third-order valence-corrected chi connectivity index (χ3v) is 2.86. The van der Waals surface area contributed by atoms with E-state index in [1.54, 1.807) is 24.3 Å². The molecule has 0 unspecified atom stereocenters. The zero-order chi connectivity index (χ0) is 15.6. The minimum atomic E-state index is -0.495. The second-order valence-corrected chi connectivity index (χ2v) is 7.02. The van der Waals surface area contributed by atoms with Crippen molar-refractivity contribution < 1.29 is 9.59 Å². The number of rotatable bonds is 4. The average molecular weight is 276 g/mol. The van der Waals surface area contributed by atoms with Crippen LogP contribution in [0.4, 0.5) is 0 Å². The summed E-state index contributed by atoms with van der Waals surface area (Å²) in [5.74, 6) is -0.639. The first-order valence-corrected chi connectivity index (χ1v) is 6.73. The van der Waals surface area contributed by atoms with E-state index in [0.717, 1.165) is 6.42 Å². The summed E-state index contributed by atoms with van der Waals surface area (Å²) in [7, 11) is 0. The molecular formula is C16H24N2O2. The smallest absolute Gasteiger partial charge is 0.251 e. The molecule has 20 heavy (non-hydrogen) atoms. The molecule has 3 N–H and O–H groups in total. The maximum atomic E-state index is 12.2. The van der Waals surface area contributed by atoms with Crippen molar-refractivity contribution >= 4 is 11.8 Å². The standard InChI is InChI=1S/C16H24N2O2/c1-15(2,3)10-16(4,5)18-14(20)12-8-6-11(7-9-12)13(17)19/h6-9H,10H2,1-5H3,(H2,17,19)(H,18,20). The molecule has 0 aliphatic rings. The molecule has 0 aliphatic carbocycles. The third kappa shape index (κ3) is 5.03. The Morgan fingerprint density at radius 2 is 1.45 bits per heavy atom. The molecule has 2 amide bonds. The quantitative estimate of drug-likeness (QED) is 0.887. The van der Waals surface area contributed by atoms with E-state index < -0.39 is 5.91 Å². The molecule has 0 spiro atoms. The van der Waals surface area contributed by atoms with Crippen LogP contribution in [0, 0.1) is 5.41 Å². The molecule has 0 fully saturated rings. The molecule has 110 valence electrons. The van der Waals surface area contributed by atoms with E-state index in [1.807, 2.05) is 13.8 Å². The highest BCUT2D eigenvalue weighted by molar-refractivity contribution is 5.97. The Labute approximate surface area is 120 Å². The van der Waals surface area contributed by atoms with Crippen LogP contribution in [0.3, 0.4) is 0 Å². The first-order chi connectivity index (χ1) is 9.00. The Hall–Kier alpha value is -1.84. The van der Waals surface area contributed by atoms with Gasteiger partial charge in [-0.25, -0.2) is 0 Å². The molecular weight excluding hydrogens is 252 g/mol. The fraction of sp³-hybridized carbons (Fsp3) is 0.500. The number of nitrogens with two attached hydrogens (primary N) is 1. The van der Waals surface area contributed by atoms with E-state index in [0.29, 0.717) is 11.1 Å². The molecule has 0 saturated carbocycles. The maximum Gasteiger partial charge on any atom is 0.251 e. The number of carbonyl (C=O) groups excluding carboxylic acids is 2. The first-order valence-electron chi connectivity index (χ1n) is 6.73. The maximum absolute atomic E-state index is 12.2. The minimum absolute atomic E-state index is 0.132. The summed E-state index contributed by atoms with van der Waals surface area (Å²) in [5, 5.41) is 3.02. The van der Waals surface area contributed by atoms with E-state index in [1.165, 1.54) is 0 Å². The molecule has 0 heterocycles. The van der Waals surface area contributed by atoms with E-state index in [4.69, 9.17) is 5.73 Å². The van der Waals surface area contributed by atoms with Gasteiger partial charge in [-0.1, -0.05) is 20.8 Å². The third-order valence-electron chi connectivity index (χ3n) is 2.86. The van der Waals surface area contributed by atoms with Crippen molar-refractivity contribution in [2.24, 2.45) is 11.1 Å². The van der Waals surface area contributed by atoms with Crippen LogP contribution in [0.2, 0.25) is 0 Å². The van der Waals surface area contributed by atoms with Gasteiger partial charge in [-0.05, 0) is 49.9 Å². The number of nitrogens with one attached hydrogen (secondary N) is 1. The first kappa shape index (κ1) is 16.2. The van der Waals surface area contributed by atoms with Crippen molar-refractivity contribution in [1.29, 1.82) is 0 Å². The van der Waals surface area contributed by atoms with Gasteiger partial charge in [-0.2, -0.15) is 0 Å². The van der Waals surface area contributed by atoms with Crippen LogP contribution < -0.4 is 11.1 Å². The molecule has 0 atom stereocenters. The van der Waals surface area contributed by atoms with Crippen LogP contribution in [-0.2, 0) is 0 Å². The summed E-state index contributed by atoms with van der Waals surface area (Å²) in [6, 6.07) is 6.35. The van der Waals surface area contributed by atoms with Gasteiger partial charge in [0.1, 0.15) is 0 Å². The van der Waals surface area contributed by atoms with E-state index in [9.17, 15) is 9.59 Å². The predicted molar refractivity (Wildman–Crippen MR) is 80.6 cm³/mol. The molecule has 0 aliphatic heterocycles. The molecule has 0 aromatic heterocycles. The van der Waals surface area contributed by atoms with Gasteiger partial charge in [0, 0.05) is 16.7 Å². The highest BCUT2D eigenvalue weighted by Crippen LogP contribution is 2.27. The summed E-state index contributed by atoms with van der Waals surface area (Å²) in [6.07, 6.45) is 0.866. The fourth-order valence-electron chi connectivity index (χ4n) is 2.54. The number of amides is 2. The van der Waals surface area contributed by atoms with Crippen LogP contribution in [0.1, 0.15) is 61.8 Å². The molecule has 1 aromatic rings. The number of hydrogen-bond donors (Lipinski definition) is 2. The van der Waals surface area contributed by atoms with Gasteiger partial charge in [-0.15, -0.1) is 0 Å². The lowest BCUT2D eigenvalue weighted by Gasteiger charge is -2.33. The Kier molecular flexibility index (Phi) is 4.58. The summed E-state index contributed by atoms with van der Waals surface area (Å²) in [4.78, 5) is 23.2. The molecule has 4 heteroatoms. The Balaban J connectivity index is 2.78. The molecule has 0 saturated heterocycles. The molecule has 1 aromatic carbocycles. The highest BCUT2D eigenvalue weighted by atomic mass is 16.2. The van der Waals surface area contributed by atoms with Crippen LogP contribution in [0.15, 0.2) is 24.3 Å². The monoisotopic (exact) mass is 276 g/mol. The molecule has 0 radical (unpaired) electrons. The lowest BCUT2D eigenvalue weighted by atomic mass is 9.81. The van der Waals surface area contributed by atoms with Crippen LogP contribution in [0.25, 0.3) is 0 Å². The molecule has 1 rings (SSSR count). The Morgan fingerprint density at radius 1 is 1.00 bits per heavy atom. The SMILES string of the molecule is CC(C)(C)CC(C)(C)NC(=O)c1ccc(C(N)=O)cc1. The predicted octanol–water partition coefficient (Wildman–Crippen LogP) is 2.73. The summed E-state index contributed by atoms with van der Waals surface area (Å²) in [5.41, 5.74) is 5.93. The average Bonchev–Trinajstić information content (AvgIpc) is 2.24. The van der Waals surface area contributed by atoms with Gasteiger partial charge in [0.25, 0.3) is 5.91 Å². The second kappa shape index (κ2) is 5.65. The van der Waals surface area contributed by atoms with Crippen molar-refractivity contribution in [2.75, 3.05) is 0 Å². The highest BCUT2D eigenvalue weighted by Gasteiger charge is 2.27. The van der Waals surface area contributed by atoms with E-state index >= 15 is 0 Å². The van der Waals surface area contributed by atoms with E-state index in [2.05, 4.69) is 26.1 Å². The van der Waals surface area contributed by atoms with Crippen LogP contribution in [-0.4, -0.2) is 17.4 Å². The van der Waals surface area contributed by atoms with Crippen LogP contribution >= 0.6 is 0 Å². The minimum Gasteiger partial charge on any atom is -0.366 e. The lowest BCUT2D eigenvalue weighted by molar-refractivity contribution is 0.0890. The molecule has 0 bridgehead atoms. The van der Waals surface area contributed by atoms with Gasteiger partial charge in [-0.3, -0.25) is 9.59 Å². The normalized spacial score (nSPS) is 12.1. The molecule has 4 nitrogen and oxygen atoms in total. The van der Waals surface area contributed by atoms with Crippen molar-refractivity contribution in [3.8, 4) is 0 Å². The number of hydrogen-bond acceptors (Lipinski definition) is 2. The topological polar surface area (TPSA) is 72.2 Å². The number of carbonyl (C=O) groups is 2. The summed E-state index contributed by atoms with van der Waals surface area (Å²) >= 11 is 0. The summed E-state index contributed by atoms with van der Waals surface area (Å²) in [6.45, 7) is 10.4. The lowest BCUT2D eigenvalue weighted by Crippen LogP contribution is -2.45. The zero-order valence-corrected chi connectivity index (χ0v) is 12.9. The second-order valence-electron chi connectivity index (χ2n) is 7.02. The fourth-order valence-corrected chi connectivity index (χ4v) is 2.54. The van der Waals surface area contributed by atoms with Crippen molar-refractivity contribution in [3.05, 3.63) is 35.4 Å². The Bertz CT molecular complexity index is 496. The van der Waals surface area contributed by atoms with Gasteiger partial charge >= 0.3 is 0 Å². The zero-order valence-electron chi connectivity index (χ0n) is 12.9. The number of benzene rings is 1. The number of primary amides is 1. The largest absolute Gasteiger partial charge is 0.366 e. The van der Waals surface area contributed by atoms with Gasteiger partial charge in [0.15, 0.2) is 0 Å². The Morgan fingerprint density at radius 3 is 1.85 bits per heavy atom. The van der Waals surface area contributed by atoms with Gasteiger partial charge < -0.3 is 11.1 Å². The summed E-state index contributed by atoms with van der Waals surface area (Å²) < 4.78 is 0. The van der Waals surface area contributed by atoms with Crippen molar-refractivity contribution in [2.45, 2.75) is 46.6 Å². The van der Waals surface area contributed by atoms with Crippen LogP contribution in [0.5, 0.6) is 0 Å². The van der Waals surface area contributed by atoms with Gasteiger partial charge in [0.05, 0.1) is 0 Å².